The van der Waals surface area contributed by atoms with E-state index in [-0.39, 0.29) is 0 Å². The van der Waals surface area contributed by atoms with Gasteiger partial charge >= 0.3 is 0 Å². The molecule has 98 valence electrons. The second-order valence-corrected chi connectivity index (χ2v) is 6.74. The van der Waals surface area contributed by atoms with Crippen LogP contribution >= 0.6 is 11.3 Å². The summed E-state index contributed by atoms with van der Waals surface area (Å²) in [6, 6.07) is 10.5. The van der Waals surface area contributed by atoms with Gasteiger partial charge in [0, 0.05) is 29.1 Å². The third kappa shape index (κ3) is 2.11. The van der Waals surface area contributed by atoms with E-state index in [2.05, 4.69) is 46.4 Å². The molecule has 0 amide bonds. The predicted molar refractivity (Wildman–Crippen MR) is 79.5 cm³/mol. The number of thiazole rings is 1. The Morgan fingerprint density at radius 1 is 1.11 bits per heavy atom. The summed E-state index contributed by atoms with van der Waals surface area (Å²) in [5.41, 5.74) is 1.25. The molecule has 1 unspecified atom stereocenters. The molecule has 3 aliphatic rings. The number of benzene rings is 1. The molecule has 0 radical (unpaired) electrons. The van der Waals surface area contributed by atoms with Crippen molar-refractivity contribution in [3.63, 3.8) is 0 Å². The van der Waals surface area contributed by atoms with E-state index in [0.29, 0.717) is 0 Å². The van der Waals surface area contributed by atoms with E-state index in [1.54, 1.807) is 0 Å². The standard InChI is InChI=1S/C16H18N2S/c1-2-4-13(5-3-1)16-17-10-15(19-16)14-11-18-8-6-12(14)7-9-18/h1-5,10,12,14H,6-9,11H2. The first-order chi connectivity index (χ1) is 9.40. The maximum absolute atomic E-state index is 4.65. The average Bonchev–Trinajstić information content (AvgIpc) is 2.99. The van der Waals surface area contributed by atoms with E-state index in [0.717, 1.165) is 11.8 Å². The average molecular weight is 270 g/mol. The molecule has 1 atom stereocenters. The predicted octanol–water partition coefficient (Wildman–Crippen LogP) is 3.62. The lowest BCUT2D eigenvalue weighted by Gasteiger charge is -2.44. The van der Waals surface area contributed by atoms with Crippen LogP contribution in [-0.2, 0) is 0 Å². The highest BCUT2D eigenvalue weighted by atomic mass is 32.1. The highest BCUT2D eigenvalue weighted by molar-refractivity contribution is 7.15. The number of fused-ring (bicyclic) bond motifs is 3. The fourth-order valence-corrected chi connectivity index (χ4v) is 4.57. The monoisotopic (exact) mass is 270 g/mol. The van der Waals surface area contributed by atoms with Crippen molar-refractivity contribution in [1.82, 2.24) is 9.88 Å². The Balaban J connectivity index is 1.62. The number of hydrogen-bond donors (Lipinski definition) is 0. The van der Waals surface area contributed by atoms with Gasteiger partial charge < -0.3 is 4.90 Å². The molecule has 1 aromatic carbocycles. The molecular weight excluding hydrogens is 252 g/mol. The highest BCUT2D eigenvalue weighted by Crippen LogP contribution is 2.41. The van der Waals surface area contributed by atoms with E-state index in [1.807, 2.05) is 11.3 Å². The molecular formula is C16H18N2S. The number of rotatable bonds is 2. The number of aromatic nitrogens is 1. The Morgan fingerprint density at radius 3 is 2.58 bits per heavy atom. The molecule has 0 aliphatic carbocycles. The van der Waals surface area contributed by atoms with Gasteiger partial charge in [-0.3, -0.25) is 0 Å². The van der Waals surface area contributed by atoms with Gasteiger partial charge in [0.15, 0.2) is 0 Å². The first-order valence-electron chi connectivity index (χ1n) is 7.13. The Labute approximate surface area is 118 Å². The molecule has 5 rings (SSSR count). The molecule has 2 nitrogen and oxygen atoms in total. The summed E-state index contributed by atoms with van der Waals surface area (Å²) in [6.07, 6.45) is 4.88. The first kappa shape index (κ1) is 11.6. The summed E-state index contributed by atoms with van der Waals surface area (Å²) >= 11 is 1.89. The van der Waals surface area contributed by atoms with Crippen molar-refractivity contribution < 1.29 is 0 Å². The third-order valence-electron chi connectivity index (χ3n) is 4.57. The van der Waals surface area contributed by atoms with Crippen LogP contribution in [0.5, 0.6) is 0 Å². The zero-order chi connectivity index (χ0) is 12.7. The van der Waals surface area contributed by atoms with Gasteiger partial charge in [0.05, 0.1) is 0 Å². The van der Waals surface area contributed by atoms with Crippen LogP contribution in [0.2, 0.25) is 0 Å². The Morgan fingerprint density at radius 2 is 1.89 bits per heavy atom. The van der Waals surface area contributed by atoms with Gasteiger partial charge in [-0.25, -0.2) is 4.98 Å². The minimum Gasteiger partial charge on any atom is -0.303 e. The zero-order valence-corrected chi connectivity index (χ0v) is 11.8. The van der Waals surface area contributed by atoms with Crippen LogP contribution in [0.15, 0.2) is 36.5 Å². The minimum atomic E-state index is 0.734. The number of piperidine rings is 3. The van der Waals surface area contributed by atoms with E-state index in [9.17, 15) is 0 Å². The summed E-state index contributed by atoms with van der Waals surface area (Å²) in [5, 5.41) is 1.17. The first-order valence-corrected chi connectivity index (χ1v) is 7.95. The molecule has 3 aliphatic heterocycles. The molecule has 3 fully saturated rings. The third-order valence-corrected chi connectivity index (χ3v) is 5.74. The van der Waals surface area contributed by atoms with Gasteiger partial charge in [0.25, 0.3) is 0 Å². The van der Waals surface area contributed by atoms with E-state index < -0.39 is 0 Å². The van der Waals surface area contributed by atoms with Gasteiger partial charge in [0.2, 0.25) is 0 Å². The lowest BCUT2D eigenvalue weighted by atomic mass is 9.78. The van der Waals surface area contributed by atoms with Gasteiger partial charge in [-0.2, -0.15) is 0 Å². The fourth-order valence-electron chi connectivity index (χ4n) is 3.46. The Hall–Kier alpha value is -1.19. The minimum absolute atomic E-state index is 0.734. The quantitative estimate of drug-likeness (QED) is 0.828. The van der Waals surface area contributed by atoms with Crippen LogP contribution in [0.1, 0.15) is 23.6 Å². The molecule has 0 spiro atoms. The van der Waals surface area contributed by atoms with Gasteiger partial charge in [-0.05, 0) is 31.8 Å². The molecule has 0 saturated carbocycles. The van der Waals surface area contributed by atoms with Crippen LogP contribution in [0, 0.1) is 5.92 Å². The molecule has 19 heavy (non-hydrogen) atoms. The second-order valence-electron chi connectivity index (χ2n) is 5.68. The number of nitrogens with zero attached hydrogens (tertiary/aromatic N) is 2. The maximum Gasteiger partial charge on any atom is 0.123 e. The van der Waals surface area contributed by atoms with Crippen molar-refractivity contribution in [1.29, 1.82) is 0 Å². The van der Waals surface area contributed by atoms with Gasteiger partial charge in [-0.1, -0.05) is 30.3 Å². The normalized spacial score (nSPS) is 29.6. The molecule has 1 aromatic heterocycles. The molecule has 3 heteroatoms. The SMILES string of the molecule is c1ccc(-c2ncc(C3CN4CCC3CC4)s2)cc1. The summed E-state index contributed by atoms with van der Waals surface area (Å²) < 4.78 is 0. The van der Waals surface area contributed by atoms with Crippen molar-refractivity contribution in [2.75, 3.05) is 19.6 Å². The summed E-state index contributed by atoms with van der Waals surface area (Å²) in [7, 11) is 0. The fraction of sp³-hybridized carbons (Fsp3) is 0.438. The van der Waals surface area contributed by atoms with Gasteiger partial charge in [0.1, 0.15) is 5.01 Å². The zero-order valence-electron chi connectivity index (χ0n) is 11.0. The van der Waals surface area contributed by atoms with Crippen molar-refractivity contribution >= 4 is 11.3 Å². The van der Waals surface area contributed by atoms with E-state index in [4.69, 9.17) is 0 Å². The van der Waals surface area contributed by atoms with Crippen LogP contribution in [-0.4, -0.2) is 29.5 Å². The van der Waals surface area contributed by atoms with Crippen molar-refractivity contribution in [2.45, 2.75) is 18.8 Å². The van der Waals surface area contributed by atoms with Crippen LogP contribution in [0.25, 0.3) is 10.6 Å². The molecule has 0 N–H and O–H groups in total. The smallest absolute Gasteiger partial charge is 0.123 e. The lowest BCUT2D eigenvalue weighted by molar-refractivity contribution is 0.0884. The van der Waals surface area contributed by atoms with Gasteiger partial charge in [-0.15, -0.1) is 11.3 Å². The molecule has 4 heterocycles. The van der Waals surface area contributed by atoms with Crippen LogP contribution in [0.3, 0.4) is 0 Å². The molecule has 2 aromatic rings. The topological polar surface area (TPSA) is 16.1 Å². The lowest BCUT2D eigenvalue weighted by Crippen LogP contribution is -2.45. The Kier molecular flexibility index (Phi) is 2.89. The summed E-state index contributed by atoms with van der Waals surface area (Å²) in [4.78, 5) is 8.76. The van der Waals surface area contributed by atoms with Crippen molar-refractivity contribution in [2.24, 2.45) is 5.92 Å². The van der Waals surface area contributed by atoms with E-state index in [1.165, 1.54) is 47.9 Å². The number of hydrogen-bond acceptors (Lipinski definition) is 3. The highest BCUT2D eigenvalue weighted by Gasteiger charge is 2.35. The molecule has 3 saturated heterocycles. The maximum atomic E-state index is 4.65. The van der Waals surface area contributed by atoms with Crippen molar-refractivity contribution in [3.8, 4) is 10.6 Å². The summed E-state index contributed by atoms with van der Waals surface area (Å²) in [6.45, 7) is 3.87. The molecule has 2 bridgehead atoms. The Bertz CT molecular complexity index is 555. The summed E-state index contributed by atoms with van der Waals surface area (Å²) in [5.74, 6) is 1.63. The van der Waals surface area contributed by atoms with Crippen LogP contribution < -0.4 is 0 Å². The van der Waals surface area contributed by atoms with E-state index >= 15 is 0 Å². The van der Waals surface area contributed by atoms with Crippen LogP contribution in [0.4, 0.5) is 0 Å². The largest absolute Gasteiger partial charge is 0.303 e. The second kappa shape index (κ2) is 4.73. The van der Waals surface area contributed by atoms with Crippen molar-refractivity contribution in [3.05, 3.63) is 41.4 Å².